The molecule has 1 aromatic carbocycles. The van der Waals surface area contributed by atoms with E-state index in [0.717, 1.165) is 16.2 Å². The fourth-order valence-electron chi connectivity index (χ4n) is 1.70. The Morgan fingerprint density at radius 2 is 2.22 bits per heavy atom. The summed E-state index contributed by atoms with van der Waals surface area (Å²) in [5.74, 6) is -0.376. The van der Waals surface area contributed by atoms with Crippen LogP contribution in [0.2, 0.25) is 0 Å². The number of carbonyl (C=O) groups excluding carboxylic acids is 1. The first-order chi connectivity index (χ1) is 11.1. The van der Waals surface area contributed by atoms with Crippen molar-refractivity contribution in [1.29, 1.82) is 5.26 Å². The molecule has 1 heterocycles. The Labute approximate surface area is 147 Å². The molecule has 6 nitrogen and oxygen atoms in total. The molecule has 2 rings (SSSR count). The van der Waals surface area contributed by atoms with Crippen LogP contribution in [0, 0.1) is 10.7 Å². The number of ether oxygens (including phenoxy) is 1. The second-order valence-corrected chi connectivity index (χ2v) is 5.58. The summed E-state index contributed by atoms with van der Waals surface area (Å²) in [4.78, 5) is 12.2. The summed E-state index contributed by atoms with van der Waals surface area (Å²) in [7, 11) is 0. The van der Waals surface area contributed by atoms with E-state index in [9.17, 15) is 4.79 Å². The fourth-order valence-corrected chi connectivity index (χ4v) is 2.59. The molecule has 0 spiro atoms. The molecule has 122 valence electrons. The first-order valence-electron chi connectivity index (χ1n) is 6.96. The number of halogens is 1. The van der Waals surface area contributed by atoms with Crippen molar-refractivity contribution in [3.8, 4) is 11.1 Å². The quantitative estimate of drug-likeness (QED) is 0.476. The Morgan fingerprint density at radius 3 is 2.78 bits per heavy atom. The van der Waals surface area contributed by atoms with E-state index in [1.54, 1.807) is 19.1 Å². The molecule has 1 aromatic heterocycles. The number of thioether (sulfide) groups is 1. The van der Waals surface area contributed by atoms with Gasteiger partial charge in [0.1, 0.15) is 11.2 Å². The molecule has 0 amide bonds. The predicted octanol–water partition coefficient (Wildman–Crippen LogP) is 3.99. The summed E-state index contributed by atoms with van der Waals surface area (Å²) >= 11 is 4.15. The van der Waals surface area contributed by atoms with E-state index in [4.69, 9.17) is 15.7 Å². The molecule has 0 saturated heterocycles. The lowest BCUT2D eigenvalue weighted by atomic mass is 10.3. The minimum Gasteiger partial charge on any atom is -0.461 e. The lowest BCUT2D eigenvalue weighted by molar-refractivity contribution is 0.0515. The van der Waals surface area contributed by atoms with Crippen molar-refractivity contribution in [2.75, 3.05) is 12.3 Å². The average molecular weight is 397 g/mol. The average Bonchev–Trinajstić information content (AvgIpc) is 2.87. The maximum Gasteiger partial charge on any atom is 0.360 e. The molecule has 0 atom stereocenters. The highest BCUT2D eigenvalue weighted by atomic mass is 79.9. The van der Waals surface area contributed by atoms with Crippen LogP contribution >= 0.6 is 27.7 Å². The highest BCUT2D eigenvalue weighted by Crippen LogP contribution is 2.31. The molecule has 2 aromatic rings. The van der Waals surface area contributed by atoms with Crippen molar-refractivity contribution in [2.24, 2.45) is 0 Å². The summed E-state index contributed by atoms with van der Waals surface area (Å²) in [5.41, 5.74) is 6.73. The molecule has 0 aliphatic carbocycles. The topological polar surface area (TPSA) is 93.9 Å². The molecule has 0 unspecified atom stereocenters. The van der Waals surface area contributed by atoms with E-state index >= 15 is 0 Å². The van der Waals surface area contributed by atoms with E-state index < -0.39 is 5.97 Å². The molecule has 0 fully saturated rings. The van der Waals surface area contributed by atoms with Crippen LogP contribution in [0.4, 0.5) is 5.82 Å². The number of hydrogen-bond acceptors (Lipinski definition) is 6. The van der Waals surface area contributed by atoms with Crippen molar-refractivity contribution in [1.82, 2.24) is 9.78 Å². The van der Waals surface area contributed by atoms with E-state index in [1.807, 2.05) is 31.4 Å². The zero-order chi connectivity index (χ0) is 17.4. The number of aromatic nitrogens is 2. The molecular weight excluding hydrogens is 380 g/mol. The van der Waals surface area contributed by atoms with Crippen LogP contribution in [0.5, 0.6) is 0 Å². The van der Waals surface area contributed by atoms with Gasteiger partial charge in [-0.3, -0.25) is 0 Å². The smallest absolute Gasteiger partial charge is 0.360 e. The van der Waals surface area contributed by atoms with Gasteiger partial charge in [0, 0.05) is 4.47 Å². The SMILES string of the molecule is CC.CCOC(=O)c1nn(-c2cccc(Br)c2)c(N)c1SC#N. The fraction of sp³-hybridized carbons (Fsp3) is 0.267. The van der Waals surface area contributed by atoms with Gasteiger partial charge in [-0.15, -0.1) is 0 Å². The van der Waals surface area contributed by atoms with Gasteiger partial charge in [0.15, 0.2) is 5.69 Å². The Kier molecular flexibility index (Phi) is 7.65. The second-order valence-electron chi connectivity index (χ2n) is 3.87. The number of anilines is 1. The van der Waals surface area contributed by atoms with E-state index in [2.05, 4.69) is 21.0 Å². The van der Waals surface area contributed by atoms with Gasteiger partial charge in [0.25, 0.3) is 0 Å². The van der Waals surface area contributed by atoms with E-state index in [0.29, 0.717) is 10.6 Å². The number of carbonyl (C=O) groups is 1. The van der Waals surface area contributed by atoms with Gasteiger partial charge in [0.05, 0.1) is 17.2 Å². The number of esters is 1. The van der Waals surface area contributed by atoms with Crippen molar-refractivity contribution >= 4 is 39.5 Å². The Balaban J connectivity index is 0.00000127. The van der Waals surface area contributed by atoms with Gasteiger partial charge < -0.3 is 10.5 Å². The van der Waals surface area contributed by atoms with Crippen LogP contribution in [0.1, 0.15) is 31.3 Å². The van der Waals surface area contributed by atoms with Gasteiger partial charge in [0.2, 0.25) is 0 Å². The third kappa shape index (κ3) is 4.50. The van der Waals surface area contributed by atoms with Gasteiger partial charge in [-0.05, 0) is 36.9 Å². The number of benzene rings is 1. The maximum absolute atomic E-state index is 11.9. The number of nitriles is 1. The summed E-state index contributed by atoms with van der Waals surface area (Å²) in [6.07, 6.45) is 0. The maximum atomic E-state index is 11.9. The van der Waals surface area contributed by atoms with E-state index in [1.165, 1.54) is 4.68 Å². The van der Waals surface area contributed by atoms with Gasteiger partial charge in [-0.25, -0.2) is 9.48 Å². The third-order valence-corrected chi connectivity index (χ3v) is 3.74. The van der Waals surface area contributed by atoms with Crippen LogP contribution in [0.3, 0.4) is 0 Å². The highest BCUT2D eigenvalue weighted by molar-refractivity contribution is 9.10. The Morgan fingerprint density at radius 1 is 1.52 bits per heavy atom. The number of rotatable bonds is 4. The van der Waals surface area contributed by atoms with Crippen molar-refractivity contribution in [3.05, 3.63) is 34.4 Å². The normalized spacial score (nSPS) is 9.52. The molecular formula is C15H17BrN4O2S. The summed E-state index contributed by atoms with van der Waals surface area (Å²) in [6.45, 7) is 5.92. The van der Waals surface area contributed by atoms with Crippen LogP contribution in [-0.4, -0.2) is 22.4 Å². The predicted molar refractivity (Wildman–Crippen MR) is 94.5 cm³/mol. The monoisotopic (exact) mass is 396 g/mol. The minimum atomic E-state index is -0.601. The molecule has 23 heavy (non-hydrogen) atoms. The van der Waals surface area contributed by atoms with Gasteiger partial charge >= 0.3 is 5.97 Å². The highest BCUT2D eigenvalue weighted by Gasteiger charge is 2.24. The molecule has 0 aliphatic heterocycles. The van der Waals surface area contributed by atoms with Crippen molar-refractivity contribution < 1.29 is 9.53 Å². The van der Waals surface area contributed by atoms with Crippen LogP contribution in [0.25, 0.3) is 5.69 Å². The zero-order valence-corrected chi connectivity index (χ0v) is 15.4. The lowest BCUT2D eigenvalue weighted by Crippen LogP contribution is -2.07. The first-order valence-corrected chi connectivity index (χ1v) is 8.57. The van der Waals surface area contributed by atoms with Crippen LogP contribution in [0.15, 0.2) is 33.6 Å². The number of nitrogens with zero attached hydrogens (tertiary/aromatic N) is 3. The number of nitrogen functional groups attached to an aromatic ring is 1. The Hall–Kier alpha value is -1.98. The molecule has 0 saturated carbocycles. The van der Waals surface area contributed by atoms with E-state index in [-0.39, 0.29) is 18.1 Å². The minimum absolute atomic E-state index is 0.0425. The molecule has 2 N–H and O–H groups in total. The van der Waals surface area contributed by atoms with Gasteiger partial charge in [-0.2, -0.15) is 10.4 Å². The molecule has 0 radical (unpaired) electrons. The molecule has 0 aliphatic rings. The Bertz CT molecular complexity index is 725. The van der Waals surface area contributed by atoms with Crippen molar-refractivity contribution in [3.63, 3.8) is 0 Å². The standard InChI is InChI=1S/C13H11BrN4O2S.C2H6/c1-2-20-13(19)10-11(21-7-15)12(16)18(17-10)9-5-3-4-8(14)6-9;1-2/h3-6H,2,16H2,1H3;1-2H3. The lowest BCUT2D eigenvalue weighted by Gasteiger charge is -2.04. The summed E-state index contributed by atoms with van der Waals surface area (Å²) in [5, 5.41) is 15.0. The summed E-state index contributed by atoms with van der Waals surface area (Å²) < 4.78 is 7.20. The third-order valence-electron chi connectivity index (χ3n) is 2.55. The van der Waals surface area contributed by atoms with Gasteiger partial charge in [-0.1, -0.05) is 35.8 Å². The number of nitrogens with two attached hydrogens (primary N) is 1. The number of hydrogen-bond donors (Lipinski definition) is 1. The number of thiocyanates is 1. The molecule has 0 bridgehead atoms. The summed E-state index contributed by atoms with van der Waals surface area (Å²) in [6, 6.07) is 7.28. The molecule has 8 heteroatoms. The van der Waals surface area contributed by atoms with Crippen LogP contribution in [-0.2, 0) is 4.74 Å². The van der Waals surface area contributed by atoms with Crippen LogP contribution < -0.4 is 5.73 Å². The second kappa shape index (κ2) is 9.22. The largest absolute Gasteiger partial charge is 0.461 e. The zero-order valence-electron chi connectivity index (χ0n) is 13.0. The first kappa shape index (κ1) is 19.1. The van der Waals surface area contributed by atoms with Crippen molar-refractivity contribution in [2.45, 2.75) is 25.7 Å².